The number of benzene rings is 1. The van der Waals surface area contributed by atoms with Crippen LogP contribution in [0.1, 0.15) is 12.5 Å². The molecule has 0 aliphatic carbocycles. The van der Waals surface area contributed by atoms with Crippen LogP contribution in [0, 0.1) is 6.92 Å². The highest BCUT2D eigenvalue weighted by molar-refractivity contribution is 14.0. The molecular weight excluding hydrogens is 385 g/mol. The number of nitrogens with two attached hydrogens (primary N) is 1. The number of guanidine groups is 1. The first-order chi connectivity index (χ1) is 9.11. The molecule has 0 saturated carbocycles. The molecular formula is C14H24IN3OS. The van der Waals surface area contributed by atoms with Gasteiger partial charge in [-0.2, -0.15) is 0 Å². The zero-order valence-corrected chi connectivity index (χ0v) is 15.4. The van der Waals surface area contributed by atoms with Crippen molar-refractivity contribution in [3.05, 3.63) is 29.8 Å². The molecule has 0 spiro atoms. The Balaban J connectivity index is 0.00000361. The lowest BCUT2D eigenvalue weighted by Crippen LogP contribution is -2.40. The minimum Gasteiger partial charge on any atom is -0.383 e. The van der Waals surface area contributed by atoms with Crippen LogP contribution in [0.15, 0.2) is 34.2 Å². The van der Waals surface area contributed by atoms with Gasteiger partial charge in [-0.15, -0.1) is 35.7 Å². The second-order valence-electron chi connectivity index (χ2n) is 4.43. The Morgan fingerprint density at radius 2 is 2.05 bits per heavy atom. The van der Waals surface area contributed by atoms with Crippen molar-refractivity contribution in [3.63, 3.8) is 0 Å². The van der Waals surface area contributed by atoms with E-state index in [1.165, 1.54) is 10.5 Å². The quantitative estimate of drug-likeness (QED) is 0.239. The van der Waals surface area contributed by atoms with Gasteiger partial charge in [0, 0.05) is 23.8 Å². The Labute approximate surface area is 143 Å². The third-order valence-electron chi connectivity index (χ3n) is 2.47. The average molecular weight is 409 g/mol. The third-order valence-corrected chi connectivity index (χ3v) is 3.47. The van der Waals surface area contributed by atoms with Gasteiger partial charge in [-0.1, -0.05) is 17.7 Å². The second-order valence-corrected chi connectivity index (χ2v) is 5.60. The average Bonchev–Trinajstić information content (AvgIpc) is 2.37. The van der Waals surface area contributed by atoms with Crippen LogP contribution in [-0.2, 0) is 4.74 Å². The molecule has 1 aromatic carbocycles. The monoisotopic (exact) mass is 409 g/mol. The van der Waals surface area contributed by atoms with Gasteiger partial charge < -0.3 is 15.8 Å². The number of methoxy groups -OCH3 is 1. The lowest BCUT2D eigenvalue weighted by molar-refractivity contribution is 0.179. The van der Waals surface area contributed by atoms with Gasteiger partial charge in [0.05, 0.1) is 13.2 Å². The van der Waals surface area contributed by atoms with Crippen molar-refractivity contribution in [2.45, 2.75) is 24.8 Å². The lowest BCUT2D eigenvalue weighted by atomic mass is 10.2. The number of hydrogen-bond acceptors (Lipinski definition) is 3. The van der Waals surface area contributed by atoms with Crippen molar-refractivity contribution < 1.29 is 4.74 Å². The molecule has 6 heteroatoms. The summed E-state index contributed by atoms with van der Waals surface area (Å²) in [5.74, 6) is 1.40. The molecule has 114 valence electrons. The summed E-state index contributed by atoms with van der Waals surface area (Å²) in [5.41, 5.74) is 7.06. The number of ether oxygens (including phenoxy) is 1. The van der Waals surface area contributed by atoms with Gasteiger partial charge in [-0.25, -0.2) is 0 Å². The SMILES string of the molecule is COCC(C)NC(N)=NCCSc1ccc(C)cc1.I. The number of thioether (sulfide) groups is 1. The molecule has 1 rings (SSSR count). The first kappa shape index (κ1) is 19.5. The standard InChI is InChI=1S/C14H23N3OS.HI/c1-11-4-6-13(7-5-11)19-9-8-16-14(15)17-12(2)10-18-3;/h4-7,12H,8-10H2,1-3H3,(H3,15,16,17);1H. The summed E-state index contributed by atoms with van der Waals surface area (Å²) >= 11 is 1.79. The highest BCUT2D eigenvalue weighted by Crippen LogP contribution is 2.17. The van der Waals surface area contributed by atoms with Crippen LogP contribution in [0.5, 0.6) is 0 Å². The van der Waals surface area contributed by atoms with Crippen LogP contribution < -0.4 is 11.1 Å². The van der Waals surface area contributed by atoms with Crippen LogP contribution in [0.2, 0.25) is 0 Å². The summed E-state index contributed by atoms with van der Waals surface area (Å²) in [6.07, 6.45) is 0. The van der Waals surface area contributed by atoms with E-state index in [4.69, 9.17) is 10.5 Å². The van der Waals surface area contributed by atoms with E-state index in [-0.39, 0.29) is 30.0 Å². The fraction of sp³-hybridized carbons (Fsp3) is 0.500. The minimum atomic E-state index is 0. The molecule has 0 aliphatic rings. The molecule has 0 heterocycles. The molecule has 1 aromatic rings. The van der Waals surface area contributed by atoms with E-state index in [0.29, 0.717) is 19.1 Å². The van der Waals surface area contributed by atoms with Gasteiger partial charge in [-0.3, -0.25) is 4.99 Å². The molecule has 1 atom stereocenters. The molecule has 0 bridgehead atoms. The first-order valence-corrected chi connectivity index (χ1v) is 7.35. The number of hydrogen-bond donors (Lipinski definition) is 2. The molecule has 0 amide bonds. The molecule has 0 radical (unpaired) electrons. The molecule has 0 fully saturated rings. The van der Waals surface area contributed by atoms with Crippen LogP contribution in [0.25, 0.3) is 0 Å². The van der Waals surface area contributed by atoms with Crippen molar-refractivity contribution in [3.8, 4) is 0 Å². The van der Waals surface area contributed by atoms with Gasteiger partial charge in [0.15, 0.2) is 5.96 Å². The number of aliphatic imine (C=N–C) groups is 1. The third kappa shape index (κ3) is 8.65. The minimum absolute atomic E-state index is 0. The van der Waals surface area contributed by atoms with Gasteiger partial charge in [0.25, 0.3) is 0 Å². The van der Waals surface area contributed by atoms with Gasteiger partial charge in [0.2, 0.25) is 0 Å². The van der Waals surface area contributed by atoms with Gasteiger partial charge in [0.1, 0.15) is 0 Å². The topological polar surface area (TPSA) is 59.6 Å². The second kappa shape index (κ2) is 11.2. The van der Waals surface area contributed by atoms with Crippen molar-refractivity contribution >= 4 is 41.7 Å². The van der Waals surface area contributed by atoms with Crippen LogP contribution in [0.3, 0.4) is 0 Å². The zero-order valence-electron chi connectivity index (χ0n) is 12.3. The molecule has 0 aliphatic heterocycles. The molecule has 0 aromatic heterocycles. The lowest BCUT2D eigenvalue weighted by Gasteiger charge is -2.12. The van der Waals surface area contributed by atoms with Crippen LogP contribution in [-0.4, -0.2) is 38.0 Å². The highest BCUT2D eigenvalue weighted by Gasteiger charge is 2.01. The summed E-state index contributed by atoms with van der Waals surface area (Å²) in [4.78, 5) is 5.55. The Morgan fingerprint density at radius 3 is 2.65 bits per heavy atom. The molecule has 0 saturated heterocycles. The summed E-state index contributed by atoms with van der Waals surface area (Å²) in [6.45, 7) is 5.42. The maximum absolute atomic E-state index is 5.78. The Kier molecular flexibility index (Phi) is 11.0. The zero-order chi connectivity index (χ0) is 14.1. The molecule has 1 unspecified atom stereocenters. The van der Waals surface area contributed by atoms with E-state index < -0.39 is 0 Å². The largest absolute Gasteiger partial charge is 0.383 e. The number of nitrogens with one attached hydrogen (secondary N) is 1. The van der Waals surface area contributed by atoms with E-state index in [9.17, 15) is 0 Å². The van der Waals surface area contributed by atoms with E-state index in [1.54, 1.807) is 18.9 Å². The highest BCUT2D eigenvalue weighted by atomic mass is 127. The number of nitrogens with zero attached hydrogens (tertiary/aromatic N) is 1. The Hall–Kier alpha value is -0.470. The van der Waals surface area contributed by atoms with Gasteiger partial charge >= 0.3 is 0 Å². The predicted octanol–water partition coefficient (Wildman–Crippen LogP) is 2.64. The number of halogens is 1. The summed E-state index contributed by atoms with van der Waals surface area (Å²) in [6, 6.07) is 8.68. The van der Waals surface area contributed by atoms with E-state index in [2.05, 4.69) is 41.5 Å². The van der Waals surface area contributed by atoms with E-state index >= 15 is 0 Å². The molecule has 3 N–H and O–H groups in total. The van der Waals surface area contributed by atoms with Crippen molar-refractivity contribution in [1.82, 2.24) is 5.32 Å². The van der Waals surface area contributed by atoms with Crippen molar-refractivity contribution in [1.29, 1.82) is 0 Å². The maximum atomic E-state index is 5.78. The fourth-order valence-electron chi connectivity index (χ4n) is 1.55. The Bertz CT molecular complexity index is 398. The van der Waals surface area contributed by atoms with E-state index in [1.807, 2.05) is 6.92 Å². The van der Waals surface area contributed by atoms with E-state index in [0.717, 1.165) is 5.75 Å². The van der Waals surface area contributed by atoms with Crippen molar-refractivity contribution in [2.75, 3.05) is 26.0 Å². The first-order valence-electron chi connectivity index (χ1n) is 6.36. The van der Waals surface area contributed by atoms with Crippen LogP contribution in [0.4, 0.5) is 0 Å². The fourth-order valence-corrected chi connectivity index (χ4v) is 2.30. The van der Waals surface area contributed by atoms with Gasteiger partial charge in [-0.05, 0) is 26.0 Å². The molecule has 4 nitrogen and oxygen atoms in total. The molecule has 20 heavy (non-hydrogen) atoms. The Morgan fingerprint density at radius 1 is 1.40 bits per heavy atom. The van der Waals surface area contributed by atoms with Crippen LogP contribution >= 0.6 is 35.7 Å². The summed E-state index contributed by atoms with van der Waals surface area (Å²) in [7, 11) is 1.67. The number of aryl methyl sites for hydroxylation is 1. The maximum Gasteiger partial charge on any atom is 0.188 e. The summed E-state index contributed by atoms with van der Waals surface area (Å²) < 4.78 is 5.02. The smallest absolute Gasteiger partial charge is 0.188 e. The summed E-state index contributed by atoms with van der Waals surface area (Å²) in [5, 5.41) is 3.08. The predicted molar refractivity (Wildman–Crippen MR) is 98.3 cm³/mol. The van der Waals surface area contributed by atoms with Crippen molar-refractivity contribution in [2.24, 2.45) is 10.7 Å². The normalized spacial score (nSPS) is 12.7. The number of rotatable bonds is 7.